The van der Waals surface area contributed by atoms with Gasteiger partial charge in [0.25, 0.3) is 0 Å². The Kier molecular flexibility index (Phi) is 4.32. The zero-order valence-electron chi connectivity index (χ0n) is 11.6. The van der Waals surface area contributed by atoms with E-state index in [1.807, 2.05) is 0 Å². The van der Waals surface area contributed by atoms with Crippen molar-refractivity contribution in [1.29, 1.82) is 0 Å². The van der Waals surface area contributed by atoms with E-state index in [4.69, 9.17) is 5.11 Å². The maximum Gasteiger partial charge on any atom is 0.326 e. The second-order valence-electron chi connectivity index (χ2n) is 6.15. The van der Waals surface area contributed by atoms with Crippen LogP contribution in [0.15, 0.2) is 0 Å². The molecule has 2 aliphatic rings. The number of carbonyl (C=O) groups is 2. The summed E-state index contributed by atoms with van der Waals surface area (Å²) in [6.07, 6.45) is 7.35. The number of aliphatic carboxylic acids is 1. The predicted molar refractivity (Wildman–Crippen MR) is 71.9 cm³/mol. The topological polar surface area (TPSA) is 78.4 Å². The Morgan fingerprint density at radius 3 is 2.53 bits per heavy atom. The van der Waals surface area contributed by atoms with E-state index in [1.54, 1.807) is 0 Å². The molecule has 0 aromatic carbocycles. The largest absolute Gasteiger partial charge is 0.480 e. The molecule has 1 atom stereocenters. The van der Waals surface area contributed by atoms with Crippen molar-refractivity contribution in [3.63, 3.8) is 0 Å². The summed E-state index contributed by atoms with van der Waals surface area (Å²) in [6, 6.07) is -1.08. The molecule has 19 heavy (non-hydrogen) atoms. The van der Waals surface area contributed by atoms with Gasteiger partial charge in [-0.2, -0.15) is 0 Å². The Morgan fingerprint density at radius 2 is 2.05 bits per heavy atom. The Labute approximate surface area is 114 Å². The summed E-state index contributed by atoms with van der Waals surface area (Å²) in [5.41, 5.74) is 0.293. The molecule has 0 aliphatic heterocycles. The molecular weight excluding hydrogens is 244 g/mol. The fourth-order valence-corrected chi connectivity index (χ4v) is 2.61. The van der Waals surface area contributed by atoms with Crippen molar-refractivity contribution < 1.29 is 14.7 Å². The number of amides is 2. The monoisotopic (exact) mass is 268 g/mol. The number of hydrogen-bond donors (Lipinski definition) is 3. The summed E-state index contributed by atoms with van der Waals surface area (Å²) in [5, 5.41) is 14.5. The first kappa shape index (κ1) is 14.2. The van der Waals surface area contributed by atoms with Gasteiger partial charge in [0.1, 0.15) is 6.04 Å². The van der Waals surface area contributed by atoms with Crippen LogP contribution in [-0.2, 0) is 4.79 Å². The number of nitrogens with one attached hydrogen (secondary N) is 2. The van der Waals surface area contributed by atoms with E-state index in [0.29, 0.717) is 24.3 Å². The van der Waals surface area contributed by atoms with Gasteiger partial charge in [0.15, 0.2) is 0 Å². The molecule has 0 spiro atoms. The van der Waals surface area contributed by atoms with Gasteiger partial charge >= 0.3 is 12.0 Å². The maximum absolute atomic E-state index is 11.8. The van der Waals surface area contributed by atoms with Crippen LogP contribution in [0.2, 0.25) is 0 Å². The molecular formula is C14H24N2O3. The number of carbonyl (C=O) groups excluding carboxylic acids is 1. The third-order valence-corrected chi connectivity index (χ3v) is 4.23. The van der Waals surface area contributed by atoms with Crippen molar-refractivity contribution in [2.45, 2.75) is 57.9 Å². The summed E-state index contributed by atoms with van der Waals surface area (Å²) in [4.78, 5) is 22.8. The maximum atomic E-state index is 11.8. The summed E-state index contributed by atoms with van der Waals surface area (Å²) in [6.45, 7) is 2.82. The van der Waals surface area contributed by atoms with Crippen LogP contribution in [-0.4, -0.2) is 29.7 Å². The molecule has 2 fully saturated rings. The Morgan fingerprint density at radius 1 is 1.37 bits per heavy atom. The normalized spacial score (nSPS) is 21.5. The quantitative estimate of drug-likeness (QED) is 0.631. The standard InChI is InChI=1S/C14H24N2O3/c1-2-5-14(6-7-14)9-15-13(19)16-11(12(17)18)8-10-3-4-10/h10-11H,2-9H2,1H3,(H,17,18)(H2,15,16,19)/t11-/m0/s1. The third kappa shape index (κ3) is 4.40. The molecule has 0 bridgehead atoms. The first-order valence-electron chi connectivity index (χ1n) is 7.32. The van der Waals surface area contributed by atoms with Crippen LogP contribution in [0, 0.1) is 11.3 Å². The highest BCUT2D eigenvalue weighted by Gasteiger charge is 2.41. The second kappa shape index (κ2) is 5.80. The lowest BCUT2D eigenvalue weighted by Crippen LogP contribution is -2.47. The molecule has 2 saturated carbocycles. The molecule has 3 N–H and O–H groups in total. The highest BCUT2D eigenvalue weighted by molar-refractivity contribution is 5.82. The van der Waals surface area contributed by atoms with Crippen molar-refractivity contribution >= 4 is 12.0 Å². The average Bonchev–Trinajstić information content (AvgIpc) is 3.23. The van der Waals surface area contributed by atoms with Gasteiger partial charge < -0.3 is 15.7 Å². The lowest BCUT2D eigenvalue weighted by Gasteiger charge is -2.18. The summed E-state index contributed by atoms with van der Waals surface area (Å²) < 4.78 is 0. The molecule has 0 radical (unpaired) electrons. The SMILES string of the molecule is CCCC1(CNC(=O)N[C@@H](CC2CC2)C(=O)O)CC1. The molecule has 0 aromatic rings. The second-order valence-corrected chi connectivity index (χ2v) is 6.15. The van der Waals surface area contributed by atoms with Crippen molar-refractivity contribution in [1.82, 2.24) is 10.6 Å². The van der Waals surface area contributed by atoms with Crippen LogP contribution >= 0.6 is 0 Å². The minimum Gasteiger partial charge on any atom is -0.480 e. The minimum absolute atomic E-state index is 0.293. The Balaban J connectivity index is 1.71. The smallest absolute Gasteiger partial charge is 0.326 e. The summed E-state index contributed by atoms with van der Waals surface area (Å²) in [5.74, 6) is -0.451. The zero-order valence-corrected chi connectivity index (χ0v) is 11.6. The number of urea groups is 1. The number of hydrogen-bond acceptors (Lipinski definition) is 2. The Hall–Kier alpha value is -1.26. The molecule has 0 heterocycles. The van der Waals surface area contributed by atoms with Gasteiger partial charge in [-0.1, -0.05) is 26.2 Å². The van der Waals surface area contributed by atoms with Crippen molar-refractivity contribution in [3.05, 3.63) is 0 Å². The minimum atomic E-state index is -0.934. The molecule has 0 aromatic heterocycles. The van der Waals surface area contributed by atoms with E-state index >= 15 is 0 Å². The van der Waals surface area contributed by atoms with Crippen molar-refractivity contribution in [2.24, 2.45) is 11.3 Å². The van der Waals surface area contributed by atoms with E-state index in [2.05, 4.69) is 17.6 Å². The lowest BCUT2D eigenvalue weighted by atomic mass is 10.0. The average molecular weight is 268 g/mol. The first-order valence-corrected chi connectivity index (χ1v) is 7.32. The Bertz CT molecular complexity index is 349. The van der Waals surface area contributed by atoms with Crippen LogP contribution in [0.3, 0.4) is 0 Å². The molecule has 108 valence electrons. The van der Waals surface area contributed by atoms with E-state index < -0.39 is 12.0 Å². The molecule has 2 amide bonds. The highest BCUT2D eigenvalue weighted by Crippen LogP contribution is 2.48. The number of carboxylic acids is 1. The number of rotatable bonds is 8. The summed E-state index contributed by atoms with van der Waals surface area (Å²) in [7, 11) is 0. The van der Waals surface area contributed by atoms with Gasteiger partial charge in [0, 0.05) is 6.54 Å². The van der Waals surface area contributed by atoms with Crippen LogP contribution < -0.4 is 10.6 Å². The molecule has 5 nitrogen and oxygen atoms in total. The van der Waals surface area contributed by atoms with Gasteiger partial charge in [-0.25, -0.2) is 9.59 Å². The lowest BCUT2D eigenvalue weighted by molar-refractivity contribution is -0.139. The van der Waals surface area contributed by atoms with Crippen molar-refractivity contribution in [3.8, 4) is 0 Å². The van der Waals surface area contributed by atoms with Gasteiger partial charge in [-0.15, -0.1) is 0 Å². The van der Waals surface area contributed by atoms with Crippen LogP contribution in [0.1, 0.15) is 51.9 Å². The van der Waals surface area contributed by atoms with Gasteiger partial charge in [-0.3, -0.25) is 0 Å². The van der Waals surface area contributed by atoms with E-state index in [-0.39, 0.29) is 6.03 Å². The molecule has 0 unspecified atom stereocenters. The highest BCUT2D eigenvalue weighted by atomic mass is 16.4. The van der Waals surface area contributed by atoms with Gasteiger partial charge in [0.2, 0.25) is 0 Å². The fourth-order valence-electron chi connectivity index (χ4n) is 2.61. The van der Waals surface area contributed by atoms with Crippen LogP contribution in [0.5, 0.6) is 0 Å². The van der Waals surface area contributed by atoms with Crippen molar-refractivity contribution in [2.75, 3.05) is 6.54 Å². The molecule has 2 rings (SSSR count). The molecule has 5 heteroatoms. The molecule has 2 aliphatic carbocycles. The first-order chi connectivity index (χ1) is 9.04. The predicted octanol–water partition coefficient (Wildman–Crippen LogP) is 2.12. The zero-order chi connectivity index (χ0) is 13.9. The molecule has 0 saturated heterocycles. The van der Waals surface area contributed by atoms with E-state index in [9.17, 15) is 9.59 Å². The van der Waals surface area contributed by atoms with Gasteiger partial charge in [0.05, 0.1) is 0 Å². The van der Waals surface area contributed by atoms with Crippen LogP contribution in [0.25, 0.3) is 0 Å². The summed E-state index contributed by atoms with van der Waals surface area (Å²) >= 11 is 0. The van der Waals surface area contributed by atoms with Crippen LogP contribution in [0.4, 0.5) is 4.79 Å². The number of carboxylic acid groups (broad SMARTS) is 1. The van der Waals surface area contributed by atoms with Gasteiger partial charge in [-0.05, 0) is 37.0 Å². The van der Waals surface area contributed by atoms with E-state index in [0.717, 1.165) is 25.7 Å². The third-order valence-electron chi connectivity index (χ3n) is 4.23. The van der Waals surface area contributed by atoms with E-state index in [1.165, 1.54) is 12.8 Å². The fraction of sp³-hybridized carbons (Fsp3) is 0.857.